The molecule has 7 fully saturated rings. The van der Waals surface area contributed by atoms with Gasteiger partial charge >= 0.3 is 12.2 Å². The van der Waals surface area contributed by atoms with Gasteiger partial charge in [-0.3, -0.25) is 48.0 Å². The van der Waals surface area contributed by atoms with Crippen molar-refractivity contribution in [2.24, 2.45) is 23.3 Å². The first-order valence-corrected chi connectivity index (χ1v) is 36.9. The van der Waals surface area contributed by atoms with Crippen LogP contribution < -0.4 is 36.9 Å². The van der Waals surface area contributed by atoms with Gasteiger partial charge in [-0.2, -0.15) is 0 Å². The van der Waals surface area contributed by atoms with Gasteiger partial charge in [0.2, 0.25) is 43.7 Å². The number of amides is 8. The highest BCUT2D eigenvalue weighted by Gasteiger charge is 2.64. The molecule has 3 saturated heterocycles. The van der Waals surface area contributed by atoms with Gasteiger partial charge in [0.15, 0.2) is 5.11 Å². The van der Waals surface area contributed by atoms with Crippen LogP contribution in [-0.4, -0.2) is 173 Å². The number of nitrogens with two attached hydrogens (primary N) is 2. The van der Waals surface area contributed by atoms with Gasteiger partial charge in [-0.15, -0.1) is 12.4 Å². The zero-order chi connectivity index (χ0) is 68.3. The van der Waals surface area contributed by atoms with E-state index in [1.807, 2.05) is 24.3 Å². The van der Waals surface area contributed by atoms with Gasteiger partial charge in [-0.25, -0.2) is 35.2 Å². The lowest BCUT2D eigenvalue weighted by molar-refractivity contribution is -0.141. The van der Waals surface area contributed by atoms with E-state index in [1.54, 1.807) is 24.3 Å². The molecular formula is C65H86ClF2N11O15S3. The zero-order valence-corrected chi connectivity index (χ0v) is 57.1. The normalized spacial score (nSPS) is 30.1. The number of carbonyl (C=O) groups excluding carboxylic acids is 8. The van der Waals surface area contributed by atoms with Gasteiger partial charge in [-0.05, 0) is 125 Å². The summed E-state index contributed by atoms with van der Waals surface area (Å²) in [6.07, 6.45) is 16.0. The van der Waals surface area contributed by atoms with Crippen LogP contribution in [0.3, 0.4) is 0 Å². The first-order chi connectivity index (χ1) is 45.9. The first kappa shape index (κ1) is 72.7. The van der Waals surface area contributed by atoms with E-state index in [4.69, 9.17) is 37.9 Å². The SMILES string of the molecule is C1CCOC1.Cl.NC(=S)N[C@H]1CCCCC/C=C\[C@@H]2C[C@@]2(C(=O)NS(=O)(=O)C2CC2)NC(=O)[C@@H]2C[C@@H](OC(=O)N3Cc4cccc(F)c4C3)CN2C1=O.N[C@H]1CCCCC/C=C\[C@@H]2C[C@@]2(C(=O)NS(=O)(=O)C2CC2)NC(=O)[C@@H]2C[C@@H](OC(=O)N3Cc4cccc(F)c4C3)CN2C1=O. The predicted molar refractivity (Wildman–Crippen MR) is 354 cm³/mol. The highest BCUT2D eigenvalue weighted by Crippen LogP contribution is 2.48. The average Bonchev–Trinajstić information content (AvgIpc) is 1.58. The smallest absolute Gasteiger partial charge is 0.410 e. The second-order valence-corrected chi connectivity index (χ2v) is 31.3. The molecule has 8 amide bonds. The van der Waals surface area contributed by atoms with Crippen molar-refractivity contribution >= 4 is 97.4 Å². The largest absolute Gasteiger partial charge is 0.444 e. The van der Waals surface area contributed by atoms with Crippen molar-refractivity contribution in [3.05, 3.63) is 94.6 Å². The molecule has 0 spiro atoms. The summed E-state index contributed by atoms with van der Waals surface area (Å²) >= 11 is 5.04. The van der Waals surface area contributed by atoms with Crippen LogP contribution in [0.25, 0.3) is 0 Å². The molecular weight excluding hydrogens is 1340 g/mol. The standard InChI is InChI=1S/C31H39FN6O7S2.C30H38FN5O7S.C4H8O.ClH/c32-23-9-6-7-18-15-37(17-22(18)23)30(42)45-20-13-25-26(39)35-31(28(41)36-47(43,44)21-11-12-21)14-19(31)8-4-2-1-3-5-10-24(34-29(33)46)27(40)38(25)16-20;31-23-9-6-7-18-15-35(17-22(18)23)29(40)43-20-13-25-26(37)33-30(28(39)34-44(41,42)21-11-12-21)14-19(30)8-4-2-1-3-5-10-24(32)27(38)36(25)16-20;1-2-4-5-3-1;/h4,6-9,19-21,24-25H,1-3,5,10-17H2,(H,35,39)(H,36,41)(H3,33,34,46);4,6-9,19-21,24-25H,1-3,5,10-17,32H2,(H,33,37)(H,34,39);1-4H2;1H/b2*8-4-;;/t19-,20-,24+,25+,31-;19-,20-,24+,25+,30-;;/m11../s1. The van der Waals surface area contributed by atoms with Crippen molar-refractivity contribution in [3.63, 3.8) is 0 Å². The van der Waals surface area contributed by atoms with Crippen LogP contribution in [0.4, 0.5) is 18.4 Å². The van der Waals surface area contributed by atoms with E-state index in [1.165, 1.54) is 44.6 Å². The molecule has 0 aromatic heterocycles. The number of halogens is 3. The minimum absolute atomic E-state index is 0. The fourth-order valence-electron chi connectivity index (χ4n) is 13.7. The number of thiocarbonyl (C=S) groups is 1. The molecule has 7 heterocycles. The third-order valence-electron chi connectivity index (χ3n) is 19.8. The number of ether oxygens (including phenoxy) is 3. The van der Waals surface area contributed by atoms with Crippen LogP contribution in [0.5, 0.6) is 0 Å². The number of fused-ring (bicyclic) bond motifs is 6. The Morgan fingerprint density at radius 2 is 1.05 bits per heavy atom. The molecule has 13 rings (SSSR count). The second-order valence-electron chi connectivity index (χ2n) is 27.0. The number of benzene rings is 2. The number of nitrogens with one attached hydrogen (secondary N) is 5. The third-order valence-corrected chi connectivity index (χ3v) is 23.5. The number of hydrogen-bond acceptors (Lipinski definition) is 17. The monoisotopic (exact) mass is 1430 g/mol. The van der Waals surface area contributed by atoms with Gasteiger partial charge in [-0.1, -0.05) is 74.3 Å². The summed E-state index contributed by atoms with van der Waals surface area (Å²) in [5.74, 6) is -5.54. The van der Waals surface area contributed by atoms with Gasteiger partial charge in [0, 0.05) is 62.1 Å². The quantitative estimate of drug-likeness (QED) is 0.136. The lowest BCUT2D eigenvalue weighted by atomic mass is 10.1. The highest BCUT2D eigenvalue weighted by molar-refractivity contribution is 7.91. The Balaban J connectivity index is 0.000000195. The van der Waals surface area contributed by atoms with Crippen molar-refractivity contribution < 1.29 is 78.2 Å². The summed E-state index contributed by atoms with van der Waals surface area (Å²) in [6.45, 7) is 2.20. The van der Waals surface area contributed by atoms with E-state index in [-0.39, 0.29) is 82.5 Å². The number of nitrogens with zero attached hydrogens (tertiary/aromatic N) is 4. The predicted octanol–water partition coefficient (Wildman–Crippen LogP) is 4.25. The van der Waals surface area contributed by atoms with E-state index in [9.17, 15) is 64.0 Å². The Hall–Kier alpha value is -7.06. The lowest BCUT2D eigenvalue weighted by Crippen LogP contribution is -2.58. The second kappa shape index (κ2) is 30.6. The summed E-state index contributed by atoms with van der Waals surface area (Å²) < 4.78 is 99.9. The molecule has 4 saturated carbocycles. The molecule has 2 aromatic carbocycles. The first-order valence-electron chi connectivity index (χ1n) is 33.4. The zero-order valence-electron chi connectivity index (χ0n) is 53.8. The molecule has 530 valence electrons. The molecule has 26 nitrogen and oxygen atoms in total. The van der Waals surface area contributed by atoms with Gasteiger partial charge in [0.25, 0.3) is 11.8 Å². The third kappa shape index (κ3) is 17.2. The minimum atomic E-state index is -3.89. The van der Waals surface area contributed by atoms with Gasteiger partial charge < -0.3 is 51.4 Å². The molecule has 97 heavy (non-hydrogen) atoms. The number of allylic oxidation sites excluding steroid dienone is 2. The van der Waals surface area contributed by atoms with Gasteiger partial charge in [0.05, 0.1) is 42.7 Å². The van der Waals surface area contributed by atoms with Crippen molar-refractivity contribution in [1.29, 1.82) is 0 Å². The fraction of sp³-hybridized carbons (Fsp3) is 0.615. The summed E-state index contributed by atoms with van der Waals surface area (Å²) in [7, 11) is -7.74. The van der Waals surface area contributed by atoms with E-state index < -0.39 is 149 Å². The molecule has 4 aliphatic carbocycles. The van der Waals surface area contributed by atoms with Gasteiger partial charge in [0.1, 0.15) is 53.0 Å². The number of rotatable bonds is 9. The van der Waals surface area contributed by atoms with E-state index >= 15 is 0 Å². The number of carbonyl (C=O) groups is 8. The summed E-state index contributed by atoms with van der Waals surface area (Å²) in [5.41, 5.74) is 11.2. The van der Waals surface area contributed by atoms with Crippen LogP contribution in [0.1, 0.15) is 151 Å². The van der Waals surface area contributed by atoms with Crippen LogP contribution in [0.15, 0.2) is 60.7 Å². The van der Waals surface area contributed by atoms with Crippen LogP contribution in [0.2, 0.25) is 0 Å². The fourth-order valence-corrected chi connectivity index (χ4v) is 16.6. The maximum Gasteiger partial charge on any atom is 0.410 e. The molecule has 10 atom stereocenters. The topological polar surface area (TPSA) is 358 Å². The summed E-state index contributed by atoms with van der Waals surface area (Å²) in [5, 5.41) is 7.08. The number of sulfonamides is 2. The minimum Gasteiger partial charge on any atom is -0.444 e. The summed E-state index contributed by atoms with van der Waals surface area (Å²) in [4.78, 5) is 114. The molecule has 11 aliphatic rings. The van der Waals surface area contributed by atoms with E-state index in [2.05, 4.69) is 25.4 Å². The lowest BCUT2D eigenvalue weighted by Gasteiger charge is -2.30. The van der Waals surface area contributed by atoms with Crippen molar-refractivity contribution in [3.8, 4) is 0 Å². The number of hydrogen-bond donors (Lipinski definition) is 7. The Bertz CT molecular complexity index is 3670. The average molecular weight is 1430 g/mol. The molecule has 2 aromatic rings. The Morgan fingerprint density at radius 3 is 1.46 bits per heavy atom. The van der Waals surface area contributed by atoms with Crippen molar-refractivity contribution in [2.45, 2.75) is 213 Å². The molecule has 7 aliphatic heterocycles. The molecule has 0 radical (unpaired) electrons. The van der Waals surface area contributed by atoms with Crippen LogP contribution >= 0.6 is 24.6 Å². The highest BCUT2D eigenvalue weighted by atomic mass is 35.5. The molecule has 0 bridgehead atoms. The molecule has 9 N–H and O–H groups in total. The Morgan fingerprint density at radius 1 is 0.608 bits per heavy atom. The Labute approximate surface area is 574 Å². The van der Waals surface area contributed by atoms with Crippen molar-refractivity contribution in [1.82, 2.24) is 45.0 Å². The van der Waals surface area contributed by atoms with E-state index in [0.29, 0.717) is 80.0 Å². The Kier molecular flexibility index (Phi) is 22.9. The van der Waals surface area contributed by atoms with Crippen LogP contribution in [-0.2, 0) is 89.2 Å². The van der Waals surface area contributed by atoms with E-state index in [0.717, 1.165) is 45.3 Å². The van der Waals surface area contributed by atoms with Crippen molar-refractivity contribution in [2.75, 3.05) is 26.3 Å². The van der Waals surface area contributed by atoms with Crippen LogP contribution in [0, 0.1) is 23.5 Å². The summed E-state index contributed by atoms with van der Waals surface area (Å²) in [6, 6.07) is 5.32. The maximum absolute atomic E-state index is 14.3. The maximum atomic E-state index is 14.3. The molecule has 32 heteroatoms. The molecule has 0 unspecified atom stereocenters.